The molecule has 0 aliphatic carbocycles. The number of imidazole rings is 1. The van der Waals surface area contributed by atoms with E-state index >= 15 is 0 Å². The van der Waals surface area contributed by atoms with Gasteiger partial charge < -0.3 is 25.2 Å². The van der Waals surface area contributed by atoms with E-state index in [1.807, 2.05) is 45.3 Å². The summed E-state index contributed by atoms with van der Waals surface area (Å²) in [5, 5.41) is 10.3. The Hall–Kier alpha value is -3.40. The van der Waals surface area contributed by atoms with Gasteiger partial charge >= 0.3 is 12.0 Å². The van der Waals surface area contributed by atoms with Crippen molar-refractivity contribution in [2.45, 2.75) is 32.7 Å². The van der Waals surface area contributed by atoms with Gasteiger partial charge in [0.25, 0.3) is 6.01 Å². The maximum atomic E-state index is 12.2. The van der Waals surface area contributed by atoms with Crippen LogP contribution in [0.5, 0.6) is 12.0 Å². The smallest absolute Gasteiger partial charge is 0.320 e. The van der Waals surface area contributed by atoms with Crippen LogP contribution in [0.2, 0.25) is 0 Å². The second-order valence-corrected chi connectivity index (χ2v) is 7.72. The molecule has 0 unspecified atom stereocenters. The fourth-order valence-electron chi connectivity index (χ4n) is 3.28. The molecule has 32 heavy (non-hydrogen) atoms. The third-order valence-electron chi connectivity index (χ3n) is 4.80. The van der Waals surface area contributed by atoms with Gasteiger partial charge in [0.1, 0.15) is 0 Å². The second kappa shape index (κ2) is 10.8. The van der Waals surface area contributed by atoms with E-state index in [1.165, 1.54) is 4.57 Å². The van der Waals surface area contributed by atoms with Crippen LogP contribution in [0.25, 0.3) is 11.2 Å². The van der Waals surface area contributed by atoms with Gasteiger partial charge in [-0.2, -0.15) is 15.0 Å². The quantitative estimate of drug-likeness (QED) is 0.338. The number of esters is 1. The highest BCUT2D eigenvalue weighted by atomic mass is 16.5. The number of nitrogen functional groups attached to an aromatic ring is 1. The number of aromatic nitrogens is 4. The molecule has 10 heteroatoms. The van der Waals surface area contributed by atoms with E-state index in [1.54, 1.807) is 0 Å². The molecular weight excluding hydrogens is 412 g/mol. The Kier molecular flexibility index (Phi) is 7.82. The fraction of sp³-hybridized carbons (Fsp3) is 0.455. The number of anilines is 1. The summed E-state index contributed by atoms with van der Waals surface area (Å²) in [5.41, 5.74) is 8.32. The summed E-state index contributed by atoms with van der Waals surface area (Å²) in [4.78, 5) is 26.7. The van der Waals surface area contributed by atoms with E-state index in [0.29, 0.717) is 24.4 Å². The Morgan fingerprint density at radius 3 is 2.72 bits per heavy atom. The Bertz CT molecular complexity index is 1070. The molecule has 2 heterocycles. The van der Waals surface area contributed by atoms with Gasteiger partial charge in [-0.25, -0.2) is 0 Å². The van der Waals surface area contributed by atoms with Crippen LogP contribution in [-0.4, -0.2) is 69.3 Å². The second-order valence-electron chi connectivity index (χ2n) is 7.72. The van der Waals surface area contributed by atoms with Gasteiger partial charge in [0.2, 0.25) is 0 Å². The van der Waals surface area contributed by atoms with E-state index in [-0.39, 0.29) is 36.8 Å². The molecule has 0 amide bonds. The van der Waals surface area contributed by atoms with Crippen molar-refractivity contribution in [1.29, 1.82) is 0 Å². The maximum absolute atomic E-state index is 12.2. The van der Waals surface area contributed by atoms with Crippen molar-refractivity contribution in [1.82, 2.24) is 24.4 Å². The highest BCUT2D eigenvalue weighted by molar-refractivity contribution is 5.83. The van der Waals surface area contributed by atoms with Gasteiger partial charge in [0, 0.05) is 0 Å². The number of fused-ring (bicyclic) bond motifs is 1. The average molecular weight is 443 g/mol. The number of unbranched alkanes of at least 4 members (excludes halogenated alkanes) is 1. The molecule has 1 aromatic carbocycles. The van der Waals surface area contributed by atoms with Crippen molar-refractivity contribution in [3.05, 3.63) is 35.4 Å². The summed E-state index contributed by atoms with van der Waals surface area (Å²) in [6.07, 6.45) is 2.00. The van der Waals surface area contributed by atoms with E-state index in [9.17, 15) is 9.90 Å². The molecule has 172 valence electrons. The lowest BCUT2D eigenvalue weighted by Gasteiger charge is -2.10. The summed E-state index contributed by atoms with van der Waals surface area (Å²) in [5.74, 6) is -0.126. The Balaban J connectivity index is 1.68. The van der Waals surface area contributed by atoms with Crippen molar-refractivity contribution in [3.8, 4) is 12.0 Å². The van der Waals surface area contributed by atoms with E-state index in [0.717, 1.165) is 30.5 Å². The number of ether oxygens (including phenoxy) is 2. The Labute approximate surface area is 187 Å². The first-order valence-electron chi connectivity index (χ1n) is 10.6. The van der Waals surface area contributed by atoms with Crippen LogP contribution < -0.4 is 10.5 Å². The number of carbonyl (C=O) groups excluding carboxylic acids is 1. The van der Waals surface area contributed by atoms with Gasteiger partial charge in [-0.3, -0.25) is 9.36 Å². The predicted molar refractivity (Wildman–Crippen MR) is 121 cm³/mol. The van der Waals surface area contributed by atoms with Gasteiger partial charge in [0.05, 0.1) is 26.2 Å². The minimum absolute atomic E-state index is 0.126. The van der Waals surface area contributed by atoms with Crippen LogP contribution in [0.4, 0.5) is 5.82 Å². The van der Waals surface area contributed by atoms with Crippen LogP contribution in [0.15, 0.2) is 24.3 Å². The first kappa shape index (κ1) is 23.3. The molecule has 0 bridgehead atoms. The number of nitrogens with two attached hydrogens (primary N) is 1. The maximum Gasteiger partial charge on any atom is 0.320 e. The molecule has 3 aromatic rings. The number of benzene rings is 1. The van der Waals surface area contributed by atoms with Gasteiger partial charge in [0.15, 0.2) is 17.0 Å². The van der Waals surface area contributed by atoms with E-state index < -0.39 is 0 Å². The zero-order valence-electron chi connectivity index (χ0n) is 18.7. The lowest BCUT2D eigenvalue weighted by atomic mass is 10.1. The molecule has 3 rings (SSSR count). The molecule has 10 nitrogen and oxygen atoms in total. The van der Waals surface area contributed by atoms with Gasteiger partial charge in [-0.05, 0) is 51.5 Å². The van der Waals surface area contributed by atoms with Crippen molar-refractivity contribution in [2.75, 3.05) is 39.6 Å². The minimum atomic E-state index is -0.259. The lowest BCUT2D eigenvalue weighted by molar-refractivity contribution is -0.142. The lowest BCUT2D eigenvalue weighted by Crippen LogP contribution is -2.14. The number of hydrogen-bond donors (Lipinski definition) is 2. The molecule has 2 aromatic heterocycles. The van der Waals surface area contributed by atoms with Gasteiger partial charge in [-0.1, -0.05) is 24.3 Å². The number of hydrogen-bond acceptors (Lipinski definition) is 9. The Morgan fingerprint density at radius 1 is 1.19 bits per heavy atom. The van der Waals surface area contributed by atoms with Crippen LogP contribution in [0.1, 0.15) is 30.9 Å². The highest BCUT2D eigenvalue weighted by Gasteiger charge is 2.17. The zero-order valence-corrected chi connectivity index (χ0v) is 18.7. The van der Waals surface area contributed by atoms with Crippen LogP contribution in [0, 0.1) is 0 Å². The monoisotopic (exact) mass is 442 g/mol. The first-order valence-corrected chi connectivity index (χ1v) is 10.6. The first-order chi connectivity index (χ1) is 15.4. The summed E-state index contributed by atoms with van der Waals surface area (Å²) in [6, 6.07) is 7.43. The standard InChI is InChI=1S/C22H30N6O4/c1-4-31-21-25-19(23)18-20(26-21)28(22(30)24-18)14-16-9-7-8-15(12-16)13-17(29)32-11-6-5-10-27(2)3/h7-9,12H,4-6,10-11,13-14H2,1-3H3,(H,24,30)(H2,23,25,26). The van der Waals surface area contributed by atoms with Crippen LogP contribution in [-0.2, 0) is 22.5 Å². The topological polar surface area (TPSA) is 129 Å². The third kappa shape index (κ3) is 6.07. The molecule has 0 spiro atoms. The molecule has 3 N–H and O–H groups in total. The summed E-state index contributed by atoms with van der Waals surface area (Å²) in [6.45, 7) is 3.89. The molecular formula is C22H30N6O4. The van der Waals surface area contributed by atoms with Crippen molar-refractivity contribution >= 4 is 23.0 Å². The van der Waals surface area contributed by atoms with Gasteiger partial charge in [-0.15, -0.1) is 0 Å². The number of carbonyl (C=O) groups is 1. The predicted octanol–water partition coefficient (Wildman–Crippen LogP) is 1.99. The summed E-state index contributed by atoms with van der Waals surface area (Å²) < 4.78 is 12.2. The average Bonchev–Trinajstić information content (AvgIpc) is 3.04. The van der Waals surface area contributed by atoms with E-state index in [4.69, 9.17) is 15.2 Å². The summed E-state index contributed by atoms with van der Waals surface area (Å²) in [7, 11) is 4.04. The molecule has 0 aliphatic rings. The van der Waals surface area contributed by atoms with Crippen molar-refractivity contribution in [2.24, 2.45) is 0 Å². The number of aromatic hydroxyl groups is 1. The normalized spacial score (nSPS) is 11.2. The largest absolute Gasteiger partial charge is 0.480 e. The molecule has 0 atom stereocenters. The summed E-state index contributed by atoms with van der Waals surface area (Å²) >= 11 is 0. The van der Waals surface area contributed by atoms with Crippen molar-refractivity contribution < 1.29 is 19.4 Å². The SMILES string of the molecule is CCOc1nc(N)c2nc(O)n(Cc3cccc(CC(=O)OCCCCN(C)C)c3)c2n1. The van der Waals surface area contributed by atoms with Crippen molar-refractivity contribution in [3.63, 3.8) is 0 Å². The number of nitrogens with zero attached hydrogens (tertiary/aromatic N) is 5. The molecule has 0 fully saturated rings. The number of rotatable bonds is 11. The minimum Gasteiger partial charge on any atom is -0.480 e. The highest BCUT2D eigenvalue weighted by Crippen LogP contribution is 2.26. The molecule has 0 saturated heterocycles. The fourth-order valence-corrected chi connectivity index (χ4v) is 3.28. The van der Waals surface area contributed by atoms with E-state index in [2.05, 4.69) is 19.9 Å². The molecule has 0 radical (unpaired) electrons. The Morgan fingerprint density at radius 2 is 1.97 bits per heavy atom. The van der Waals surface area contributed by atoms with Crippen LogP contribution >= 0.6 is 0 Å². The molecule has 0 aliphatic heterocycles. The molecule has 0 saturated carbocycles. The van der Waals surface area contributed by atoms with Crippen LogP contribution in [0.3, 0.4) is 0 Å². The third-order valence-corrected chi connectivity index (χ3v) is 4.80. The zero-order chi connectivity index (χ0) is 23.1.